The number of aliphatic hydroxyl groups excluding tert-OH is 4. The van der Waals surface area contributed by atoms with Crippen LogP contribution in [0, 0.1) is 6.92 Å². The Morgan fingerprint density at radius 3 is 2.33 bits per heavy atom. The average Bonchev–Trinajstić information content (AvgIpc) is 2.96. The lowest BCUT2D eigenvalue weighted by Gasteiger charge is -2.40. The van der Waals surface area contributed by atoms with Crippen LogP contribution in [-0.2, 0) is 25.5 Å². The van der Waals surface area contributed by atoms with Crippen LogP contribution in [0.15, 0.2) is 38.6 Å². The summed E-state index contributed by atoms with van der Waals surface area (Å²) in [6.07, 6.45) is -8.15. The lowest BCUT2D eigenvalue weighted by atomic mass is 9.89. The molecule has 16 nitrogen and oxygen atoms in total. The molecule has 1 saturated heterocycles. The number of rotatable bonds is 14. The highest BCUT2D eigenvalue weighted by molar-refractivity contribution is 5.93. The van der Waals surface area contributed by atoms with Crippen LogP contribution in [0.4, 0.5) is 0 Å². The van der Waals surface area contributed by atoms with Gasteiger partial charge < -0.3 is 57.2 Å². The fourth-order valence-corrected chi connectivity index (χ4v) is 5.26. The van der Waals surface area contributed by atoms with Crippen LogP contribution in [0.2, 0.25) is 0 Å². The minimum Gasteiger partial charge on any atom is -0.507 e. The van der Waals surface area contributed by atoms with E-state index in [1.807, 2.05) is 0 Å². The number of primary amides is 2. The van der Waals surface area contributed by atoms with Crippen LogP contribution >= 0.6 is 0 Å². The van der Waals surface area contributed by atoms with Crippen molar-refractivity contribution in [1.29, 1.82) is 0 Å². The van der Waals surface area contributed by atoms with E-state index in [1.54, 1.807) is 6.92 Å². The molecule has 252 valence electrons. The number of nitrogens with one attached hydrogen (secondary N) is 1. The Bertz CT molecular complexity index is 1570. The largest absolute Gasteiger partial charge is 0.507 e. The first kappa shape index (κ1) is 36.1. The number of nitrogens with two attached hydrogens (primary N) is 3. The van der Waals surface area contributed by atoms with Gasteiger partial charge in [0, 0.05) is 30.3 Å². The maximum atomic E-state index is 13.3. The van der Waals surface area contributed by atoms with E-state index in [4.69, 9.17) is 26.4 Å². The fraction of sp³-hybridized carbons (Fsp3) is 0.500. The molecule has 16 heteroatoms. The molecule has 7 atom stereocenters. The summed E-state index contributed by atoms with van der Waals surface area (Å²) in [6, 6.07) is 0.171. The number of phenols is 1. The van der Waals surface area contributed by atoms with Gasteiger partial charge in [-0.2, -0.15) is 0 Å². The number of hydrogen-bond acceptors (Lipinski definition) is 13. The van der Waals surface area contributed by atoms with Gasteiger partial charge in [0.1, 0.15) is 59.7 Å². The summed E-state index contributed by atoms with van der Waals surface area (Å²) in [7, 11) is 0. The first-order valence-electron chi connectivity index (χ1n) is 14.5. The van der Waals surface area contributed by atoms with Crippen molar-refractivity contribution < 1.29 is 49.1 Å². The number of allylic oxidation sites excluding steroid dienone is 1. The molecule has 3 rings (SSSR count). The normalized spacial score (nSPS) is 23.1. The van der Waals surface area contributed by atoms with Gasteiger partial charge in [-0.1, -0.05) is 6.58 Å². The molecule has 2 heterocycles. The Labute approximate surface area is 263 Å². The van der Waals surface area contributed by atoms with Gasteiger partial charge in [-0.25, -0.2) is 0 Å². The Balaban J connectivity index is 2.01. The van der Waals surface area contributed by atoms with Gasteiger partial charge in [0.2, 0.25) is 17.7 Å². The number of amides is 3. The van der Waals surface area contributed by atoms with Crippen molar-refractivity contribution in [3.63, 3.8) is 0 Å². The van der Waals surface area contributed by atoms with Crippen LogP contribution in [0.3, 0.4) is 0 Å². The van der Waals surface area contributed by atoms with Crippen LogP contribution in [0.25, 0.3) is 11.0 Å². The molecule has 1 fully saturated rings. The summed E-state index contributed by atoms with van der Waals surface area (Å²) in [6.45, 7) is 5.92. The molecule has 0 saturated carbocycles. The number of carbonyl (C=O) groups is 3. The lowest BCUT2D eigenvalue weighted by molar-refractivity contribution is -0.231. The van der Waals surface area contributed by atoms with Gasteiger partial charge in [-0.3, -0.25) is 24.2 Å². The number of aliphatic hydroxyl groups is 4. The zero-order chi connectivity index (χ0) is 34.5. The Hall–Kier alpha value is -4.35. The number of carbonyl (C=O) groups excluding carboxylic acids is 3. The third-order valence-electron chi connectivity index (χ3n) is 7.63. The third kappa shape index (κ3) is 8.46. The van der Waals surface area contributed by atoms with E-state index in [1.165, 1.54) is 19.1 Å². The number of aliphatic imine (C=N–C) groups is 1. The van der Waals surface area contributed by atoms with Crippen LogP contribution in [0.1, 0.15) is 55.6 Å². The van der Waals surface area contributed by atoms with E-state index in [0.29, 0.717) is 5.56 Å². The predicted octanol–water partition coefficient (Wildman–Crippen LogP) is -1.82. The summed E-state index contributed by atoms with van der Waals surface area (Å²) in [4.78, 5) is 54.2. The zero-order valence-electron chi connectivity index (χ0n) is 25.5. The lowest BCUT2D eigenvalue weighted by Crippen LogP contribution is -2.55. The van der Waals surface area contributed by atoms with Crippen molar-refractivity contribution in [2.75, 3.05) is 6.61 Å². The number of aromatic hydroxyl groups is 1. The molecule has 3 amide bonds. The van der Waals surface area contributed by atoms with E-state index in [9.17, 15) is 44.7 Å². The van der Waals surface area contributed by atoms with Crippen LogP contribution < -0.4 is 27.9 Å². The van der Waals surface area contributed by atoms with E-state index >= 15 is 0 Å². The maximum Gasteiger partial charge on any atom is 0.245 e. The summed E-state index contributed by atoms with van der Waals surface area (Å²) in [5.74, 6) is -2.62. The number of ether oxygens (including phenoxy) is 1. The molecule has 1 aromatic heterocycles. The highest BCUT2D eigenvalue weighted by atomic mass is 16.5. The topological polar surface area (TPSA) is 294 Å². The highest BCUT2D eigenvalue weighted by Crippen LogP contribution is 2.41. The first-order valence-corrected chi connectivity index (χ1v) is 14.5. The van der Waals surface area contributed by atoms with Crippen molar-refractivity contribution >= 4 is 34.4 Å². The summed E-state index contributed by atoms with van der Waals surface area (Å²) < 4.78 is 11.7. The van der Waals surface area contributed by atoms with E-state index in [0.717, 1.165) is 0 Å². The second-order valence-corrected chi connectivity index (χ2v) is 11.4. The molecule has 2 aromatic rings. The van der Waals surface area contributed by atoms with Crippen molar-refractivity contribution in [3.05, 3.63) is 51.5 Å². The minimum absolute atomic E-state index is 0.0279. The quantitative estimate of drug-likeness (QED) is 0.102. The molecule has 1 aliphatic heterocycles. The Morgan fingerprint density at radius 1 is 1.07 bits per heavy atom. The Morgan fingerprint density at radius 2 is 1.74 bits per heavy atom. The molecular formula is C30H41N5O11. The number of hydrogen-bond donors (Lipinski definition) is 9. The molecule has 0 radical (unpaired) electrons. The van der Waals surface area contributed by atoms with Gasteiger partial charge >= 0.3 is 0 Å². The van der Waals surface area contributed by atoms with Crippen molar-refractivity contribution in [1.82, 2.24) is 5.32 Å². The second-order valence-electron chi connectivity index (χ2n) is 11.4. The molecule has 0 spiro atoms. The average molecular weight is 648 g/mol. The maximum absolute atomic E-state index is 13.3. The SMILES string of the molecule is C=C(N)CCC(NC(=O)C(CCC(N)=O)N=C(C)Cc1cc(=O)c2c(C)cc(O)c(C3OC(CO)C(O)C(O)C3O)c2o1)C(N)=O. The summed E-state index contributed by atoms with van der Waals surface area (Å²) in [5, 5.41) is 54.4. The fourth-order valence-electron chi connectivity index (χ4n) is 5.26. The minimum atomic E-state index is -1.77. The Kier molecular flexibility index (Phi) is 12.0. The molecule has 12 N–H and O–H groups in total. The summed E-state index contributed by atoms with van der Waals surface area (Å²) >= 11 is 0. The smallest absolute Gasteiger partial charge is 0.245 e. The van der Waals surface area contributed by atoms with Gasteiger partial charge in [-0.05, 0) is 44.7 Å². The highest BCUT2D eigenvalue weighted by Gasteiger charge is 2.46. The van der Waals surface area contributed by atoms with Crippen LogP contribution in [0.5, 0.6) is 5.75 Å². The molecule has 46 heavy (non-hydrogen) atoms. The molecular weight excluding hydrogens is 606 g/mol. The number of nitrogens with zero attached hydrogens (tertiary/aromatic N) is 1. The van der Waals surface area contributed by atoms with Gasteiger partial charge in [-0.15, -0.1) is 0 Å². The predicted molar refractivity (Wildman–Crippen MR) is 164 cm³/mol. The van der Waals surface area contributed by atoms with E-state index in [-0.39, 0.29) is 65.8 Å². The molecule has 1 aliphatic rings. The second kappa shape index (κ2) is 15.3. The number of aryl methyl sites for hydroxylation is 1. The number of fused-ring (bicyclic) bond motifs is 1. The van der Waals surface area contributed by atoms with Gasteiger partial charge in [0.15, 0.2) is 5.43 Å². The monoisotopic (exact) mass is 647 g/mol. The molecule has 0 bridgehead atoms. The van der Waals surface area contributed by atoms with Gasteiger partial charge in [0.25, 0.3) is 0 Å². The van der Waals surface area contributed by atoms with Crippen molar-refractivity contribution in [2.45, 2.75) is 88.6 Å². The van der Waals surface area contributed by atoms with Gasteiger partial charge in [0.05, 0.1) is 17.6 Å². The van der Waals surface area contributed by atoms with Crippen molar-refractivity contribution in [2.24, 2.45) is 22.2 Å². The number of phenolic OH excluding ortho intramolecular Hbond substituents is 1. The van der Waals surface area contributed by atoms with E-state index < -0.39 is 78.1 Å². The zero-order valence-corrected chi connectivity index (χ0v) is 25.5. The number of benzene rings is 1. The van der Waals surface area contributed by atoms with Crippen LogP contribution in [-0.4, -0.2) is 92.1 Å². The summed E-state index contributed by atoms with van der Waals surface area (Å²) in [5.41, 5.74) is 16.3. The third-order valence-corrected chi connectivity index (χ3v) is 7.63. The van der Waals surface area contributed by atoms with E-state index in [2.05, 4.69) is 16.9 Å². The standard InChI is InChI=1S/C30H41N5O11/c1-12-8-18(37)23(28-26(42)25(41)24(40)20(11-36)46-28)27-22(12)19(38)10-15(45-27)9-14(3)34-17(6-7-21(32)39)30(44)35-16(29(33)43)5-4-13(2)31/h8,10,16-17,20,24-26,28,36-37,40-42H,2,4-7,9,11,31H2,1,3H3,(H2,32,39)(H2,33,43)(H,35,44). The first-order chi connectivity index (χ1) is 21.5. The van der Waals surface area contributed by atoms with Crippen molar-refractivity contribution in [3.8, 4) is 5.75 Å². The molecule has 7 unspecified atom stereocenters. The molecule has 0 aliphatic carbocycles. The molecule has 1 aromatic carbocycles.